The summed E-state index contributed by atoms with van der Waals surface area (Å²) < 4.78 is 0. The Bertz CT molecular complexity index is 436. The smallest absolute Gasteiger partial charge is 0.230 e. The number of rotatable bonds is 5. The average Bonchev–Trinajstić information content (AvgIpc) is 2.29. The van der Waals surface area contributed by atoms with Gasteiger partial charge in [-0.2, -0.15) is 0 Å². The van der Waals surface area contributed by atoms with E-state index in [1.165, 1.54) is 6.92 Å². The van der Waals surface area contributed by atoms with Crippen LogP contribution in [0.4, 0.5) is 5.69 Å². The van der Waals surface area contributed by atoms with Crippen molar-refractivity contribution in [1.29, 1.82) is 0 Å². The molecule has 0 bridgehead atoms. The Morgan fingerprint density at radius 1 is 1.22 bits per heavy atom. The molecule has 0 aromatic heterocycles. The fourth-order valence-corrected chi connectivity index (χ4v) is 1.56. The normalized spacial score (nSPS) is 11.1. The van der Waals surface area contributed by atoms with Gasteiger partial charge in [0.1, 0.15) is 0 Å². The lowest BCUT2D eigenvalue weighted by Gasteiger charge is -2.22. The molecule has 0 atom stereocenters. The third-order valence-corrected chi connectivity index (χ3v) is 2.93. The van der Waals surface area contributed by atoms with E-state index in [4.69, 9.17) is 5.73 Å². The molecule has 1 amide bonds. The number of hydrogen-bond acceptors (Lipinski definition) is 3. The molecule has 0 unspecified atom stereocenters. The summed E-state index contributed by atoms with van der Waals surface area (Å²) in [6.07, 6.45) is 0.629. The highest BCUT2D eigenvalue weighted by Crippen LogP contribution is 2.22. The molecule has 0 saturated carbocycles. The topological polar surface area (TPSA) is 72.2 Å². The average molecular weight is 248 g/mol. The number of nitrogens with two attached hydrogens (primary N) is 1. The zero-order valence-corrected chi connectivity index (χ0v) is 11.1. The number of anilines is 1. The molecule has 98 valence electrons. The van der Waals surface area contributed by atoms with E-state index in [0.29, 0.717) is 24.2 Å². The van der Waals surface area contributed by atoms with E-state index in [1.807, 2.05) is 13.8 Å². The highest BCUT2D eigenvalue weighted by molar-refractivity contribution is 5.97. The zero-order chi connectivity index (χ0) is 13.8. The predicted molar refractivity (Wildman–Crippen MR) is 72.5 cm³/mol. The maximum absolute atomic E-state index is 12.0. The summed E-state index contributed by atoms with van der Waals surface area (Å²) in [5.41, 5.74) is 6.31. The second-order valence-corrected chi connectivity index (χ2v) is 5.01. The third-order valence-electron chi connectivity index (χ3n) is 2.93. The van der Waals surface area contributed by atoms with E-state index >= 15 is 0 Å². The summed E-state index contributed by atoms with van der Waals surface area (Å²) in [6, 6.07) is 6.86. The minimum Gasteiger partial charge on any atom is -0.330 e. The molecule has 1 aromatic carbocycles. The van der Waals surface area contributed by atoms with E-state index < -0.39 is 5.41 Å². The molecule has 1 rings (SSSR count). The summed E-state index contributed by atoms with van der Waals surface area (Å²) in [5, 5.41) is 2.83. The molecule has 1 aromatic rings. The van der Waals surface area contributed by atoms with Crippen LogP contribution in [0.2, 0.25) is 0 Å². The largest absolute Gasteiger partial charge is 0.330 e. The number of Topliss-reactive ketones (excluding diaryl/α,β-unsaturated/α-hetero) is 1. The monoisotopic (exact) mass is 248 g/mol. The molecule has 18 heavy (non-hydrogen) atoms. The molecule has 4 heteroatoms. The van der Waals surface area contributed by atoms with Crippen molar-refractivity contribution in [3.8, 4) is 0 Å². The van der Waals surface area contributed by atoms with Gasteiger partial charge in [-0.3, -0.25) is 9.59 Å². The predicted octanol–water partition coefficient (Wildman–Crippen LogP) is 2.20. The van der Waals surface area contributed by atoms with Gasteiger partial charge >= 0.3 is 0 Å². The lowest BCUT2D eigenvalue weighted by atomic mass is 9.88. The van der Waals surface area contributed by atoms with Gasteiger partial charge in [0.15, 0.2) is 5.78 Å². The number of amides is 1. The van der Waals surface area contributed by atoms with Gasteiger partial charge in [-0.05, 0) is 44.2 Å². The van der Waals surface area contributed by atoms with Gasteiger partial charge in [-0.15, -0.1) is 0 Å². The van der Waals surface area contributed by atoms with Gasteiger partial charge in [0.05, 0.1) is 0 Å². The van der Waals surface area contributed by atoms with Crippen molar-refractivity contribution < 1.29 is 9.59 Å². The highest BCUT2D eigenvalue weighted by Gasteiger charge is 2.26. The van der Waals surface area contributed by atoms with E-state index in [-0.39, 0.29) is 11.7 Å². The minimum absolute atomic E-state index is 0.0105. The van der Waals surface area contributed by atoms with Crippen molar-refractivity contribution in [3.05, 3.63) is 29.8 Å². The first-order valence-electron chi connectivity index (χ1n) is 5.99. The Kier molecular flexibility index (Phi) is 4.62. The standard InChI is InChI=1S/C14H20N2O2/c1-10(17)11-4-6-12(7-5-11)16-13(18)14(2,3)8-9-15/h4-7H,8-9,15H2,1-3H3,(H,16,18). The van der Waals surface area contributed by atoms with Gasteiger partial charge in [-0.1, -0.05) is 13.8 Å². The minimum atomic E-state index is -0.492. The number of hydrogen-bond donors (Lipinski definition) is 2. The third kappa shape index (κ3) is 3.67. The zero-order valence-electron chi connectivity index (χ0n) is 11.1. The summed E-state index contributed by atoms with van der Waals surface area (Å²) in [6.45, 7) is 5.71. The Morgan fingerprint density at radius 3 is 2.22 bits per heavy atom. The van der Waals surface area contributed by atoms with Crippen molar-refractivity contribution in [2.24, 2.45) is 11.1 Å². The van der Waals surface area contributed by atoms with Crippen LogP contribution in [0, 0.1) is 5.41 Å². The maximum atomic E-state index is 12.0. The second kappa shape index (κ2) is 5.78. The lowest BCUT2D eigenvalue weighted by Crippen LogP contribution is -2.32. The molecule has 3 N–H and O–H groups in total. The van der Waals surface area contributed by atoms with Crippen LogP contribution in [0.25, 0.3) is 0 Å². The molecular formula is C14H20N2O2. The first-order valence-corrected chi connectivity index (χ1v) is 5.99. The number of nitrogens with one attached hydrogen (secondary N) is 1. The van der Waals surface area contributed by atoms with Crippen molar-refractivity contribution >= 4 is 17.4 Å². The van der Waals surface area contributed by atoms with E-state index in [9.17, 15) is 9.59 Å². The van der Waals surface area contributed by atoms with Crippen LogP contribution in [-0.2, 0) is 4.79 Å². The Hall–Kier alpha value is -1.68. The SMILES string of the molecule is CC(=O)c1ccc(NC(=O)C(C)(C)CCN)cc1. The van der Waals surface area contributed by atoms with Crippen molar-refractivity contribution in [2.45, 2.75) is 27.2 Å². The maximum Gasteiger partial charge on any atom is 0.230 e. The number of ketones is 1. The van der Waals surface area contributed by atoms with Crippen LogP contribution < -0.4 is 11.1 Å². The Balaban J connectivity index is 2.73. The highest BCUT2D eigenvalue weighted by atomic mass is 16.2. The van der Waals surface area contributed by atoms with Crippen LogP contribution >= 0.6 is 0 Å². The Labute approximate surface area is 108 Å². The first kappa shape index (κ1) is 14.4. The summed E-state index contributed by atoms with van der Waals surface area (Å²) in [7, 11) is 0. The van der Waals surface area contributed by atoms with Crippen molar-refractivity contribution in [3.63, 3.8) is 0 Å². The van der Waals surface area contributed by atoms with Crippen LogP contribution in [0.15, 0.2) is 24.3 Å². The molecule has 0 saturated heterocycles. The van der Waals surface area contributed by atoms with Gasteiger partial charge in [0.2, 0.25) is 5.91 Å². The van der Waals surface area contributed by atoms with Gasteiger partial charge in [0.25, 0.3) is 0 Å². The van der Waals surface area contributed by atoms with Crippen LogP contribution in [0.5, 0.6) is 0 Å². The molecule has 0 aliphatic carbocycles. The van der Waals surface area contributed by atoms with Crippen molar-refractivity contribution in [1.82, 2.24) is 0 Å². The molecular weight excluding hydrogens is 228 g/mol. The molecule has 0 aliphatic heterocycles. The van der Waals surface area contributed by atoms with Gasteiger partial charge in [-0.25, -0.2) is 0 Å². The molecule has 0 spiro atoms. The molecule has 4 nitrogen and oxygen atoms in total. The lowest BCUT2D eigenvalue weighted by molar-refractivity contribution is -0.124. The van der Waals surface area contributed by atoms with Gasteiger partial charge < -0.3 is 11.1 Å². The summed E-state index contributed by atoms with van der Waals surface area (Å²) >= 11 is 0. The number of carbonyl (C=O) groups excluding carboxylic acids is 2. The van der Waals surface area contributed by atoms with E-state index in [0.717, 1.165) is 0 Å². The van der Waals surface area contributed by atoms with Crippen LogP contribution in [0.1, 0.15) is 37.6 Å². The molecule has 0 fully saturated rings. The number of benzene rings is 1. The molecule has 0 heterocycles. The van der Waals surface area contributed by atoms with Crippen LogP contribution in [-0.4, -0.2) is 18.2 Å². The van der Waals surface area contributed by atoms with Crippen LogP contribution in [0.3, 0.4) is 0 Å². The van der Waals surface area contributed by atoms with Crippen molar-refractivity contribution in [2.75, 3.05) is 11.9 Å². The van der Waals surface area contributed by atoms with E-state index in [2.05, 4.69) is 5.32 Å². The molecule has 0 radical (unpaired) electrons. The quantitative estimate of drug-likeness (QED) is 0.785. The fourth-order valence-electron chi connectivity index (χ4n) is 1.56. The molecule has 0 aliphatic rings. The summed E-state index contributed by atoms with van der Waals surface area (Å²) in [4.78, 5) is 23.1. The number of carbonyl (C=O) groups is 2. The Morgan fingerprint density at radius 2 is 1.78 bits per heavy atom. The van der Waals surface area contributed by atoms with E-state index in [1.54, 1.807) is 24.3 Å². The summed E-state index contributed by atoms with van der Waals surface area (Å²) in [5.74, 6) is -0.0557. The fraction of sp³-hybridized carbons (Fsp3) is 0.429. The second-order valence-electron chi connectivity index (χ2n) is 5.01. The first-order chi connectivity index (χ1) is 8.36. The van der Waals surface area contributed by atoms with Gasteiger partial charge in [0, 0.05) is 16.7 Å².